The Kier molecular flexibility index (Phi) is 4.39. The highest BCUT2D eigenvalue weighted by Gasteiger charge is 2.24. The van der Waals surface area contributed by atoms with Crippen LogP contribution in [0.4, 0.5) is 11.4 Å². The predicted molar refractivity (Wildman–Crippen MR) is 90.7 cm³/mol. The van der Waals surface area contributed by atoms with Gasteiger partial charge in [0.25, 0.3) is 5.91 Å². The number of carbonyl (C=O) groups is 1. The average Bonchev–Trinajstić information content (AvgIpc) is 3.35. The Bertz CT molecular complexity index is 745. The summed E-state index contributed by atoms with van der Waals surface area (Å²) >= 11 is 6.12. The molecule has 1 fully saturated rings. The number of hydrogen-bond donors (Lipinski definition) is 2. The van der Waals surface area contributed by atoms with Gasteiger partial charge in [0.1, 0.15) is 11.4 Å². The van der Waals surface area contributed by atoms with Crippen molar-refractivity contribution in [2.45, 2.75) is 25.8 Å². The Morgan fingerprint density at radius 1 is 1.35 bits per heavy atom. The third-order valence-corrected chi connectivity index (χ3v) is 4.07. The number of rotatable bonds is 5. The van der Waals surface area contributed by atoms with Crippen LogP contribution in [0.5, 0.6) is 5.75 Å². The highest BCUT2D eigenvalue weighted by Crippen LogP contribution is 2.33. The molecule has 2 aromatic rings. The summed E-state index contributed by atoms with van der Waals surface area (Å²) < 4.78 is 5.35. The lowest BCUT2D eigenvalue weighted by atomic mass is 10.2. The van der Waals surface area contributed by atoms with Crippen LogP contribution in [0.1, 0.15) is 28.9 Å². The molecule has 0 spiro atoms. The number of aryl methyl sites for hydroxylation is 1. The number of methoxy groups -OCH3 is 1. The first-order valence-electron chi connectivity index (χ1n) is 7.45. The number of nitrogens with zero attached hydrogens (tertiary/aromatic N) is 1. The van der Waals surface area contributed by atoms with E-state index in [4.69, 9.17) is 16.3 Å². The smallest absolute Gasteiger partial charge is 0.270 e. The SMILES string of the molecule is COc1cc(Cl)c(C)cc1Nc1ccnc(C(=O)NC2CC2)c1. The average molecular weight is 332 g/mol. The van der Waals surface area contributed by atoms with E-state index >= 15 is 0 Å². The van der Waals surface area contributed by atoms with Gasteiger partial charge in [0, 0.05) is 29.0 Å². The van der Waals surface area contributed by atoms with E-state index in [1.54, 1.807) is 31.5 Å². The molecule has 23 heavy (non-hydrogen) atoms. The van der Waals surface area contributed by atoms with E-state index in [1.165, 1.54) is 0 Å². The van der Waals surface area contributed by atoms with Crippen molar-refractivity contribution in [3.63, 3.8) is 0 Å². The Balaban J connectivity index is 1.82. The molecule has 1 aromatic carbocycles. The minimum absolute atomic E-state index is 0.143. The first-order valence-corrected chi connectivity index (χ1v) is 7.82. The quantitative estimate of drug-likeness (QED) is 0.877. The van der Waals surface area contributed by atoms with E-state index < -0.39 is 0 Å². The fraction of sp³-hybridized carbons (Fsp3) is 0.294. The molecular formula is C17H18ClN3O2. The van der Waals surface area contributed by atoms with Crippen LogP contribution in [0.15, 0.2) is 30.5 Å². The minimum Gasteiger partial charge on any atom is -0.495 e. The molecule has 1 saturated carbocycles. The largest absolute Gasteiger partial charge is 0.495 e. The van der Waals surface area contributed by atoms with Gasteiger partial charge in [-0.2, -0.15) is 0 Å². The van der Waals surface area contributed by atoms with E-state index in [1.807, 2.05) is 13.0 Å². The first kappa shape index (κ1) is 15.6. The molecule has 0 unspecified atom stereocenters. The van der Waals surface area contributed by atoms with Gasteiger partial charge >= 0.3 is 0 Å². The van der Waals surface area contributed by atoms with Gasteiger partial charge in [-0.1, -0.05) is 11.6 Å². The molecule has 2 N–H and O–H groups in total. The second-order valence-corrected chi connectivity index (χ2v) is 6.01. The zero-order valence-electron chi connectivity index (χ0n) is 13.0. The molecule has 0 aliphatic heterocycles. The van der Waals surface area contributed by atoms with Crippen molar-refractivity contribution in [3.8, 4) is 5.75 Å². The molecule has 1 aromatic heterocycles. The maximum atomic E-state index is 12.1. The first-order chi connectivity index (χ1) is 11.1. The summed E-state index contributed by atoms with van der Waals surface area (Å²) in [7, 11) is 1.59. The Labute approximate surface area is 140 Å². The van der Waals surface area contributed by atoms with Gasteiger partial charge in [0.2, 0.25) is 0 Å². The molecule has 3 rings (SSSR count). The van der Waals surface area contributed by atoms with Gasteiger partial charge in [0.05, 0.1) is 12.8 Å². The number of aromatic nitrogens is 1. The molecule has 1 aliphatic carbocycles. The molecule has 1 heterocycles. The number of amides is 1. The Hall–Kier alpha value is -2.27. The van der Waals surface area contributed by atoms with Gasteiger partial charge in [-0.25, -0.2) is 0 Å². The van der Waals surface area contributed by atoms with Gasteiger partial charge in [0.15, 0.2) is 0 Å². The van der Waals surface area contributed by atoms with Crippen LogP contribution in [0.25, 0.3) is 0 Å². The second kappa shape index (κ2) is 6.46. The van der Waals surface area contributed by atoms with E-state index in [0.29, 0.717) is 22.5 Å². The summed E-state index contributed by atoms with van der Waals surface area (Å²) in [6.45, 7) is 1.92. The molecule has 0 saturated heterocycles. The molecule has 120 valence electrons. The molecule has 1 amide bonds. The zero-order valence-corrected chi connectivity index (χ0v) is 13.8. The summed E-state index contributed by atoms with van der Waals surface area (Å²) in [5.74, 6) is 0.497. The van der Waals surface area contributed by atoms with E-state index in [-0.39, 0.29) is 5.91 Å². The maximum Gasteiger partial charge on any atom is 0.270 e. The number of halogens is 1. The van der Waals surface area contributed by atoms with Crippen molar-refractivity contribution in [1.82, 2.24) is 10.3 Å². The normalized spacial score (nSPS) is 13.5. The van der Waals surface area contributed by atoms with Crippen molar-refractivity contribution in [3.05, 3.63) is 46.7 Å². The zero-order chi connectivity index (χ0) is 16.4. The highest BCUT2D eigenvalue weighted by molar-refractivity contribution is 6.31. The number of ether oxygens (including phenoxy) is 1. The van der Waals surface area contributed by atoms with E-state index in [9.17, 15) is 4.79 Å². The number of anilines is 2. The van der Waals surface area contributed by atoms with E-state index in [0.717, 1.165) is 29.8 Å². The van der Waals surface area contributed by atoms with Crippen LogP contribution in [-0.2, 0) is 0 Å². The number of pyridine rings is 1. The second-order valence-electron chi connectivity index (χ2n) is 5.60. The van der Waals surface area contributed by atoms with Gasteiger partial charge in [-0.3, -0.25) is 9.78 Å². The van der Waals surface area contributed by atoms with Crippen molar-refractivity contribution < 1.29 is 9.53 Å². The number of hydrogen-bond acceptors (Lipinski definition) is 4. The maximum absolute atomic E-state index is 12.1. The topological polar surface area (TPSA) is 63.2 Å². The lowest BCUT2D eigenvalue weighted by molar-refractivity contribution is 0.0946. The van der Waals surface area contributed by atoms with Gasteiger partial charge < -0.3 is 15.4 Å². The van der Waals surface area contributed by atoms with Crippen molar-refractivity contribution >= 4 is 28.9 Å². The monoisotopic (exact) mass is 331 g/mol. The van der Waals surface area contributed by atoms with Crippen LogP contribution >= 0.6 is 11.6 Å². The molecule has 6 heteroatoms. The van der Waals surface area contributed by atoms with Crippen LogP contribution < -0.4 is 15.4 Å². The van der Waals surface area contributed by atoms with Crippen LogP contribution in [0, 0.1) is 6.92 Å². The van der Waals surface area contributed by atoms with E-state index in [2.05, 4.69) is 15.6 Å². The lowest BCUT2D eigenvalue weighted by Crippen LogP contribution is -2.26. The third-order valence-electron chi connectivity index (χ3n) is 3.66. The summed E-state index contributed by atoms with van der Waals surface area (Å²) in [4.78, 5) is 16.2. The molecule has 0 radical (unpaired) electrons. The highest BCUT2D eigenvalue weighted by atomic mass is 35.5. The molecule has 5 nitrogen and oxygen atoms in total. The summed E-state index contributed by atoms with van der Waals surface area (Å²) in [6, 6.07) is 7.50. The van der Waals surface area contributed by atoms with Crippen LogP contribution in [0.3, 0.4) is 0 Å². The summed E-state index contributed by atoms with van der Waals surface area (Å²) in [6.07, 6.45) is 3.70. The summed E-state index contributed by atoms with van der Waals surface area (Å²) in [5.41, 5.74) is 2.89. The molecular weight excluding hydrogens is 314 g/mol. The fourth-order valence-electron chi connectivity index (χ4n) is 2.20. The van der Waals surface area contributed by atoms with Gasteiger partial charge in [-0.15, -0.1) is 0 Å². The number of benzene rings is 1. The summed E-state index contributed by atoms with van der Waals surface area (Å²) in [5, 5.41) is 6.83. The van der Waals surface area contributed by atoms with Crippen molar-refractivity contribution in [2.75, 3.05) is 12.4 Å². The lowest BCUT2D eigenvalue weighted by Gasteiger charge is -2.13. The Morgan fingerprint density at radius 2 is 2.13 bits per heavy atom. The Morgan fingerprint density at radius 3 is 2.83 bits per heavy atom. The molecule has 0 atom stereocenters. The minimum atomic E-state index is -0.143. The van der Waals surface area contributed by atoms with Crippen LogP contribution in [0.2, 0.25) is 5.02 Å². The predicted octanol–water partition coefficient (Wildman–Crippen LogP) is 3.69. The fourth-order valence-corrected chi connectivity index (χ4v) is 2.36. The van der Waals surface area contributed by atoms with Crippen LogP contribution in [-0.4, -0.2) is 24.0 Å². The third kappa shape index (κ3) is 3.74. The standard InChI is InChI=1S/C17H18ClN3O2/c1-10-7-14(16(23-2)9-13(10)18)20-12-5-6-19-15(8-12)17(22)21-11-3-4-11/h5-9,11H,3-4H2,1-2H3,(H,19,20)(H,21,22). The number of nitrogens with one attached hydrogen (secondary N) is 2. The molecule has 1 aliphatic rings. The van der Waals surface area contributed by atoms with Gasteiger partial charge in [-0.05, 0) is 43.5 Å². The van der Waals surface area contributed by atoms with Crippen molar-refractivity contribution in [2.24, 2.45) is 0 Å². The van der Waals surface area contributed by atoms with Crippen molar-refractivity contribution in [1.29, 1.82) is 0 Å². The molecule has 0 bridgehead atoms. The number of carbonyl (C=O) groups excluding carboxylic acids is 1.